The van der Waals surface area contributed by atoms with Crippen molar-refractivity contribution in [3.05, 3.63) is 109 Å². The average molecular weight is 531 g/mol. The first kappa shape index (κ1) is 25.6. The zero-order valence-corrected chi connectivity index (χ0v) is 20.4. The van der Waals surface area contributed by atoms with Crippen LogP contribution in [0.2, 0.25) is 0 Å². The van der Waals surface area contributed by atoms with Crippen LogP contribution in [-0.4, -0.2) is 25.3 Å². The van der Waals surface area contributed by atoms with Crippen LogP contribution in [0.5, 0.6) is 11.5 Å². The van der Waals surface area contributed by atoms with E-state index in [2.05, 4.69) is 4.98 Å². The molecule has 1 heterocycles. The monoisotopic (exact) mass is 530 g/mol. The highest BCUT2D eigenvalue weighted by atomic mass is 32.2. The van der Waals surface area contributed by atoms with Gasteiger partial charge in [-0.3, -0.25) is 9.29 Å². The van der Waals surface area contributed by atoms with E-state index >= 15 is 0 Å². The van der Waals surface area contributed by atoms with Crippen molar-refractivity contribution in [2.45, 2.75) is 22.5 Å². The minimum absolute atomic E-state index is 0.0880. The number of aromatic nitrogens is 1. The lowest BCUT2D eigenvalue weighted by Gasteiger charge is -2.25. The van der Waals surface area contributed by atoms with Crippen molar-refractivity contribution in [1.29, 1.82) is 0 Å². The van der Waals surface area contributed by atoms with Gasteiger partial charge >= 0.3 is 6.18 Å². The molecule has 0 aliphatic carbocycles. The van der Waals surface area contributed by atoms with Crippen LogP contribution in [0.25, 0.3) is 0 Å². The number of pyridine rings is 1. The highest BCUT2D eigenvalue weighted by Crippen LogP contribution is 2.32. The van der Waals surface area contributed by atoms with Crippen LogP contribution in [-0.2, 0) is 16.6 Å². The van der Waals surface area contributed by atoms with Gasteiger partial charge < -0.3 is 4.74 Å². The molecule has 0 saturated carbocycles. The van der Waals surface area contributed by atoms with Gasteiger partial charge in [-0.2, -0.15) is 13.2 Å². The van der Waals surface area contributed by atoms with E-state index in [1.54, 1.807) is 23.9 Å². The number of alkyl halides is 3. The van der Waals surface area contributed by atoms with Crippen LogP contribution < -0.4 is 9.04 Å². The Bertz CT molecular complexity index is 1370. The van der Waals surface area contributed by atoms with Crippen LogP contribution in [0.15, 0.2) is 113 Å². The lowest BCUT2D eigenvalue weighted by atomic mass is 10.2. The van der Waals surface area contributed by atoms with Crippen LogP contribution in [0.3, 0.4) is 0 Å². The number of hydrogen-bond donors (Lipinski definition) is 0. The van der Waals surface area contributed by atoms with Crippen molar-refractivity contribution >= 4 is 27.5 Å². The molecule has 0 N–H and O–H groups in total. The first-order valence-corrected chi connectivity index (χ1v) is 13.2. The summed E-state index contributed by atoms with van der Waals surface area (Å²) in [4.78, 5) is 6.05. The molecule has 5 nitrogen and oxygen atoms in total. The first-order chi connectivity index (χ1) is 17.2. The van der Waals surface area contributed by atoms with Crippen molar-refractivity contribution in [2.75, 3.05) is 10.1 Å². The summed E-state index contributed by atoms with van der Waals surface area (Å²) in [6.45, 7) is -0.285. The summed E-state index contributed by atoms with van der Waals surface area (Å²) in [6.07, 6.45) is -1.97. The normalized spacial score (nSPS) is 11.8. The SMILES string of the molecule is O=S(=O)(CC(F)(F)F)N(Cc1cccnc1)c1ccc(Oc2ccc(Sc3ccccc3)cc2)cc1. The van der Waals surface area contributed by atoms with Crippen molar-refractivity contribution in [3.63, 3.8) is 0 Å². The first-order valence-electron chi connectivity index (χ1n) is 10.7. The molecule has 1 aromatic heterocycles. The Morgan fingerprint density at radius 3 is 2.00 bits per heavy atom. The lowest BCUT2D eigenvalue weighted by molar-refractivity contribution is -0.106. The van der Waals surface area contributed by atoms with Gasteiger partial charge in [0.05, 0.1) is 12.2 Å². The Kier molecular flexibility index (Phi) is 7.85. The second-order valence-electron chi connectivity index (χ2n) is 7.72. The third kappa shape index (κ3) is 7.25. The standard InChI is InChI=1S/C26H21F3N2O3S2/c27-26(28,29)19-36(32,33)31(18-20-5-4-16-30-17-20)21-8-10-22(11-9-21)34-23-12-14-25(15-13-23)35-24-6-2-1-3-7-24/h1-17H,18-19H2. The van der Waals surface area contributed by atoms with Crippen molar-refractivity contribution in [3.8, 4) is 11.5 Å². The number of rotatable bonds is 9. The highest BCUT2D eigenvalue weighted by molar-refractivity contribution is 7.99. The Balaban J connectivity index is 1.50. The molecule has 0 unspecified atom stereocenters. The predicted molar refractivity (Wildman–Crippen MR) is 134 cm³/mol. The molecule has 186 valence electrons. The zero-order chi connectivity index (χ0) is 25.6. The molecular weight excluding hydrogens is 509 g/mol. The quantitative estimate of drug-likeness (QED) is 0.235. The molecule has 0 radical (unpaired) electrons. The molecule has 0 spiro atoms. The molecule has 4 aromatic rings. The topological polar surface area (TPSA) is 59.5 Å². The number of ether oxygens (including phenoxy) is 1. The smallest absolute Gasteiger partial charge is 0.404 e. The summed E-state index contributed by atoms with van der Waals surface area (Å²) < 4.78 is 70.8. The van der Waals surface area contributed by atoms with Crippen LogP contribution in [0, 0.1) is 0 Å². The van der Waals surface area contributed by atoms with Crippen LogP contribution in [0.1, 0.15) is 5.56 Å². The van der Waals surface area contributed by atoms with E-state index in [1.807, 2.05) is 54.6 Å². The van der Waals surface area contributed by atoms with Crippen molar-refractivity contribution < 1.29 is 26.3 Å². The fourth-order valence-electron chi connectivity index (χ4n) is 3.31. The van der Waals surface area contributed by atoms with E-state index in [0.717, 1.165) is 14.1 Å². The minimum Gasteiger partial charge on any atom is -0.457 e. The molecular formula is C26H21F3N2O3S2. The molecule has 0 bridgehead atoms. The maximum Gasteiger partial charge on any atom is 0.404 e. The Hall–Kier alpha value is -3.50. The highest BCUT2D eigenvalue weighted by Gasteiger charge is 2.38. The Morgan fingerprint density at radius 2 is 1.42 bits per heavy atom. The summed E-state index contributed by atoms with van der Waals surface area (Å²) >= 11 is 1.61. The van der Waals surface area contributed by atoms with Crippen LogP contribution >= 0.6 is 11.8 Å². The average Bonchev–Trinajstić information content (AvgIpc) is 2.84. The Labute approximate surface area is 211 Å². The number of benzene rings is 3. The fourth-order valence-corrected chi connectivity index (χ4v) is 5.51. The van der Waals surface area contributed by atoms with Gasteiger partial charge in [0.1, 0.15) is 11.5 Å². The predicted octanol–water partition coefficient (Wildman–Crippen LogP) is 6.92. The summed E-state index contributed by atoms with van der Waals surface area (Å²) in [5.74, 6) is -0.986. The lowest BCUT2D eigenvalue weighted by Crippen LogP contribution is -2.37. The second kappa shape index (κ2) is 11.0. The molecule has 36 heavy (non-hydrogen) atoms. The molecule has 0 fully saturated rings. The molecule has 3 aromatic carbocycles. The maximum atomic E-state index is 13.0. The third-order valence-corrected chi connectivity index (χ3v) is 7.61. The zero-order valence-electron chi connectivity index (χ0n) is 18.8. The van der Waals surface area contributed by atoms with E-state index in [9.17, 15) is 21.6 Å². The maximum absolute atomic E-state index is 13.0. The molecule has 0 aliphatic heterocycles. The number of nitrogens with zero attached hydrogens (tertiary/aromatic N) is 2. The molecule has 0 atom stereocenters. The summed E-state index contributed by atoms with van der Waals surface area (Å²) in [7, 11) is -4.70. The Morgan fingerprint density at radius 1 is 0.806 bits per heavy atom. The van der Waals surface area contributed by atoms with Gasteiger partial charge in [0.2, 0.25) is 10.0 Å². The van der Waals surface area contributed by atoms with E-state index in [4.69, 9.17) is 4.74 Å². The molecule has 4 rings (SSSR count). The fraction of sp³-hybridized carbons (Fsp3) is 0.115. The van der Waals surface area contributed by atoms with Gasteiger partial charge in [-0.1, -0.05) is 36.0 Å². The molecule has 0 saturated heterocycles. The summed E-state index contributed by atoms with van der Waals surface area (Å²) in [5, 5.41) is 0. The summed E-state index contributed by atoms with van der Waals surface area (Å²) in [5.41, 5.74) is 0.544. The van der Waals surface area contributed by atoms with E-state index < -0.39 is 22.0 Å². The van der Waals surface area contributed by atoms with Gasteiger partial charge in [-0.25, -0.2) is 8.42 Å². The van der Waals surface area contributed by atoms with Gasteiger partial charge in [0, 0.05) is 22.2 Å². The number of halogens is 3. The molecule has 0 aliphatic rings. The minimum atomic E-state index is -4.87. The summed E-state index contributed by atoms with van der Waals surface area (Å²) in [6, 6.07) is 26.4. The van der Waals surface area contributed by atoms with Crippen molar-refractivity contribution in [2.24, 2.45) is 0 Å². The van der Waals surface area contributed by atoms with Gasteiger partial charge in [0.15, 0.2) is 5.75 Å². The van der Waals surface area contributed by atoms with E-state index in [0.29, 0.717) is 17.1 Å². The van der Waals surface area contributed by atoms with Gasteiger partial charge in [-0.15, -0.1) is 0 Å². The largest absolute Gasteiger partial charge is 0.457 e. The third-order valence-electron chi connectivity index (χ3n) is 4.89. The van der Waals surface area contributed by atoms with Crippen molar-refractivity contribution in [1.82, 2.24) is 4.98 Å². The second-order valence-corrected chi connectivity index (χ2v) is 10.8. The number of anilines is 1. The van der Waals surface area contributed by atoms with Gasteiger partial charge in [-0.05, 0) is 72.3 Å². The number of hydrogen-bond acceptors (Lipinski definition) is 5. The van der Waals surface area contributed by atoms with E-state index in [1.165, 1.54) is 36.7 Å². The molecule has 0 amide bonds. The van der Waals surface area contributed by atoms with E-state index in [-0.39, 0.29) is 12.2 Å². The molecule has 10 heteroatoms. The van der Waals surface area contributed by atoms with Crippen LogP contribution in [0.4, 0.5) is 18.9 Å². The number of sulfonamides is 1. The van der Waals surface area contributed by atoms with Gasteiger partial charge in [0.25, 0.3) is 0 Å².